The van der Waals surface area contributed by atoms with Crippen LogP contribution in [0.15, 0.2) is 91.0 Å². The zero-order chi connectivity index (χ0) is 23.0. The van der Waals surface area contributed by atoms with Gasteiger partial charge in [-0.1, -0.05) is 91.0 Å². The molecule has 0 bridgehead atoms. The molecule has 0 saturated carbocycles. The van der Waals surface area contributed by atoms with E-state index in [0.29, 0.717) is 13.0 Å². The summed E-state index contributed by atoms with van der Waals surface area (Å²) >= 11 is 1.85. The van der Waals surface area contributed by atoms with E-state index in [1.54, 1.807) is 4.90 Å². The van der Waals surface area contributed by atoms with Gasteiger partial charge in [-0.3, -0.25) is 4.79 Å². The Morgan fingerprint density at radius 3 is 2.00 bits per heavy atom. The van der Waals surface area contributed by atoms with E-state index in [4.69, 9.17) is 4.74 Å². The van der Waals surface area contributed by atoms with Gasteiger partial charge in [-0.25, -0.2) is 4.79 Å². The Labute approximate surface area is 200 Å². The van der Waals surface area contributed by atoms with Crippen LogP contribution < -0.4 is 0 Å². The molecule has 5 heteroatoms. The third kappa shape index (κ3) is 5.66. The Morgan fingerprint density at radius 1 is 0.909 bits per heavy atom. The number of thioether (sulfide) groups is 1. The molecule has 4 rings (SSSR count). The van der Waals surface area contributed by atoms with Gasteiger partial charge in [0.1, 0.15) is 6.04 Å². The summed E-state index contributed by atoms with van der Waals surface area (Å²) in [5.41, 5.74) is 3.14. The van der Waals surface area contributed by atoms with Crippen molar-refractivity contribution in [2.45, 2.75) is 24.1 Å². The molecule has 1 heterocycles. The van der Waals surface area contributed by atoms with Gasteiger partial charge in [0.25, 0.3) is 0 Å². The van der Waals surface area contributed by atoms with Crippen molar-refractivity contribution < 1.29 is 14.3 Å². The number of esters is 1. The number of carbonyl (C=O) groups excluding carboxylic acids is 2. The lowest BCUT2D eigenvalue weighted by atomic mass is 9.90. The molecule has 2 atom stereocenters. The highest BCUT2D eigenvalue weighted by molar-refractivity contribution is 7.98. The number of hydrogen-bond acceptors (Lipinski definition) is 4. The molecule has 4 nitrogen and oxygen atoms in total. The topological polar surface area (TPSA) is 46.6 Å². The van der Waals surface area contributed by atoms with Gasteiger partial charge in [0.15, 0.2) is 0 Å². The smallest absolute Gasteiger partial charge is 0.328 e. The number of hydrogen-bond donors (Lipinski definition) is 0. The van der Waals surface area contributed by atoms with Crippen LogP contribution >= 0.6 is 11.8 Å². The van der Waals surface area contributed by atoms with Gasteiger partial charge in [-0.2, -0.15) is 11.8 Å². The highest BCUT2D eigenvalue weighted by Crippen LogP contribution is 2.34. The van der Waals surface area contributed by atoms with E-state index in [0.717, 1.165) is 22.6 Å². The minimum atomic E-state index is -0.542. The Morgan fingerprint density at radius 2 is 1.45 bits per heavy atom. The Hall–Kier alpha value is -3.05. The van der Waals surface area contributed by atoms with E-state index in [-0.39, 0.29) is 17.8 Å². The lowest BCUT2D eigenvalue weighted by Gasteiger charge is -2.28. The summed E-state index contributed by atoms with van der Waals surface area (Å²) in [6, 6.07) is 29.4. The van der Waals surface area contributed by atoms with Crippen LogP contribution in [-0.2, 0) is 20.1 Å². The predicted octanol–water partition coefficient (Wildman–Crippen LogP) is 5.14. The molecule has 0 N–H and O–H groups in total. The average molecular weight is 460 g/mol. The molecule has 3 aromatic rings. The van der Waals surface area contributed by atoms with Crippen LogP contribution in [0.2, 0.25) is 0 Å². The fourth-order valence-corrected chi connectivity index (χ4v) is 5.62. The van der Waals surface area contributed by atoms with Crippen LogP contribution in [-0.4, -0.2) is 42.2 Å². The van der Waals surface area contributed by atoms with Crippen LogP contribution in [0.3, 0.4) is 0 Å². The van der Waals surface area contributed by atoms with E-state index >= 15 is 0 Å². The van der Waals surface area contributed by atoms with Gasteiger partial charge in [0, 0.05) is 12.3 Å². The van der Waals surface area contributed by atoms with Crippen molar-refractivity contribution in [3.63, 3.8) is 0 Å². The molecule has 3 aromatic carbocycles. The van der Waals surface area contributed by atoms with E-state index < -0.39 is 12.0 Å². The molecule has 0 unspecified atom stereocenters. The molecule has 33 heavy (non-hydrogen) atoms. The quantitative estimate of drug-likeness (QED) is 0.438. The number of rotatable bonds is 8. The van der Waals surface area contributed by atoms with Crippen molar-refractivity contribution in [2.75, 3.05) is 19.4 Å². The second-order valence-corrected chi connectivity index (χ2v) is 9.42. The maximum atomic E-state index is 13.9. The van der Waals surface area contributed by atoms with E-state index in [1.807, 2.05) is 90.6 Å². The molecule has 1 fully saturated rings. The standard InChI is InChI=1S/C28H29NO3S/c1-32-28(31)25-17-22(20-33-19-21-11-5-2-6-12-21)18-29(25)27(30)26(23-13-7-3-8-14-23)24-15-9-4-10-16-24/h2-16,22,25-26H,17-20H2,1H3/t22-,25-/m0/s1. The third-order valence-corrected chi connectivity index (χ3v) is 7.37. The zero-order valence-corrected chi connectivity index (χ0v) is 19.6. The van der Waals surface area contributed by atoms with Crippen molar-refractivity contribution in [1.29, 1.82) is 0 Å². The number of benzene rings is 3. The lowest BCUT2D eigenvalue weighted by molar-refractivity contribution is -0.151. The van der Waals surface area contributed by atoms with Crippen molar-refractivity contribution >= 4 is 23.6 Å². The maximum Gasteiger partial charge on any atom is 0.328 e. The first-order chi connectivity index (χ1) is 16.2. The van der Waals surface area contributed by atoms with Gasteiger partial charge in [0.05, 0.1) is 13.0 Å². The largest absolute Gasteiger partial charge is 0.467 e. The number of likely N-dealkylation sites (tertiary alicyclic amines) is 1. The summed E-state index contributed by atoms with van der Waals surface area (Å²) in [6.45, 7) is 0.566. The minimum Gasteiger partial charge on any atom is -0.467 e. The predicted molar refractivity (Wildman–Crippen MR) is 133 cm³/mol. The number of methoxy groups -OCH3 is 1. The second-order valence-electron chi connectivity index (χ2n) is 8.39. The molecule has 1 aliphatic rings. The maximum absolute atomic E-state index is 13.9. The van der Waals surface area contributed by atoms with E-state index in [2.05, 4.69) is 12.1 Å². The summed E-state index contributed by atoms with van der Waals surface area (Å²) in [7, 11) is 1.40. The molecule has 0 radical (unpaired) electrons. The van der Waals surface area contributed by atoms with Crippen LogP contribution in [0, 0.1) is 5.92 Å². The summed E-state index contributed by atoms with van der Waals surface area (Å²) in [6.07, 6.45) is 0.635. The summed E-state index contributed by atoms with van der Waals surface area (Å²) in [5.74, 6) is 1.24. The molecular formula is C28H29NO3S. The minimum absolute atomic E-state index is 0.0432. The summed E-state index contributed by atoms with van der Waals surface area (Å²) in [5, 5.41) is 0. The molecule has 170 valence electrons. The molecule has 0 aliphatic carbocycles. The summed E-state index contributed by atoms with van der Waals surface area (Å²) in [4.78, 5) is 28.3. The molecule has 0 aromatic heterocycles. The first-order valence-corrected chi connectivity index (χ1v) is 12.4. The number of amides is 1. The number of ether oxygens (including phenoxy) is 1. The monoisotopic (exact) mass is 459 g/mol. The second kappa shape index (κ2) is 11.2. The molecule has 1 amide bonds. The van der Waals surface area contributed by atoms with Crippen molar-refractivity contribution in [1.82, 2.24) is 4.90 Å². The van der Waals surface area contributed by atoms with Gasteiger partial charge in [-0.15, -0.1) is 0 Å². The normalized spacial score (nSPS) is 17.8. The lowest BCUT2D eigenvalue weighted by Crippen LogP contribution is -2.43. The molecule has 1 saturated heterocycles. The van der Waals surface area contributed by atoms with Crippen molar-refractivity contribution in [3.05, 3.63) is 108 Å². The van der Waals surface area contributed by atoms with Gasteiger partial charge in [-0.05, 0) is 34.8 Å². The number of nitrogens with zero attached hydrogens (tertiary/aromatic N) is 1. The molecule has 1 aliphatic heterocycles. The van der Waals surface area contributed by atoms with Gasteiger partial charge >= 0.3 is 5.97 Å². The zero-order valence-electron chi connectivity index (χ0n) is 18.8. The van der Waals surface area contributed by atoms with Crippen LogP contribution in [0.5, 0.6) is 0 Å². The van der Waals surface area contributed by atoms with Crippen LogP contribution in [0.1, 0.15) is 29.0 Å². The third-order valence-electron chi connectivity index (χ3n) is 6.12. The van der Waals surface area contributed by atoms with Gasteiger partial charge < -0.3 is 9.64 Å². The van der Waals surface area contributed by atoms with Crippen LogP contribution in [0.4, 0.5) is 0 Å². The fraction of sp³-hybridized carbons (Fsp3) is 0.286. The van der Waals surface area contributed by atoms with Crippen LogP contribution in [0.25, 0.3) is 0 Å². The Balaban J connectivity index is 1.53. The highest BCUT2D eigenvalue weighted by Gasteiger charge is 2.42. The van der Waals surface area contributed by atoms with Crippen molar-refractivity contribution in [2.24, 2.45) is 5.92 Å². The van der Waals surface area contributed by atoms with Crippen molar-refractivity contribution in [3.8, 4) is 0 Å². The van der Waals surface area contributed by atoms with E-state index in [1.165, 1.54) is 12.7 Å². The SMILES string of the molecule is COC(=O)[C@@H]1C[C@H](CSCc2ccccc2)CN1C(=O)C(c1ccccc1)c1ccccc1. The summed E-state index contributed by atoms with van der Waals surface area (Å²) < 4.78 is 5.09. The average Bonchev–Trinajstić information content (AvgIpc) is 3.30. The highest BCUT2D eigenvalue weighted by atomic mass is 32.2. The Bertz CT molecular complexity index is 1000. The first kappa shape index (κ1) is 23.1. The fourth-order valence-electron chi connectivity index (χ4n) is 4.50. The molecule has 0 spiro atoms. The first-order valence-electron chi connectivity index (χ1n) is 11.3. The van der Waals surface area contributed by atoms with Gasteiger partial charge in [0.2, 0.25) is 5.91 Å². The number of carbonyl (C=O) groups is 2. The van der Waals surface area contributed by atoms with E-state index in [9.17, 15) is 9.59 Å². The molecular weight excluding hydrogens is 430 g/mol. The Kier molecular flexibility index (Phi) is 7.84.